The maximum absolute atomic E-state index is 12.8. The molecule has 0 fully saturated rings. The maximum atomic E-state index is 12.8. The number of benzene rings is 1. The van der Waals surface area contributed by atoms with Crippen LogP contribution in [0, 0.1) is 0 Å². The smallest absolute Gasteiger partial charge is 0.261 e. The lowest BCUT2D eigenvalue weighted by Crippen LogP contribution is -2.16. The second kappa shape index (κ2) is 6.40. The van der Waals surface area contributed by atoms with E-state index in [0.29, 0.717) is 41.6 Å². The lowest BCUT2D eigenvalue weighted by atomic mass is 10.2. The van der Waals surface area contributed by atoms with E-state index in [9.17, 15) is 4.79 Å². The molecule has 8 heteroatoms. The molecule has 4 heterocycles. The van der Waals surface area contributed by atoms with Crippen molar-refractivity contribution in [1.29, 1.82) is 0 Å². The van der Waals surface area contributed by atoms with E-state index < -0.39 is 0 Å². The summed E-state index contributed by atoms with van der Waals surface area (Å²) in [5.74, 6) is 1.02. The Morgan fingerprint density at radius 2 is 2.04 bits per heavy atom. The average molecular weight is 378 g/mol. The molecule has 7 nitrogen and oxygen atoms in total. The molecule has 0 bridgehead atoms. The standard InChI is InChI=1S/C19H14N4O3S/c24-19(22-12-3-4-15-16(10-12)26-8-7-25-15)13-11-21-23-14(5-6-20-18(13)23)17-2-1-9-27-17/h1-6,9-11H,7-8H2,(H,22,24). The summed E-state index contributed by atoms with van der Waals surface area (Å²) in [7, 11) is 0. The van der Waals surface area contributed by atoms with Crippen molar-refractivity contribution in [3.05, 3.63) is 59.7 Å². The zero-order chi connectivity index (χ0) is 18.2. The highest BCUT2D eigenvalue weighted by Crippen LogP contribution is 2.33. The molecule has 0 saturated carbocycles. The van der Waals surface area contributed by atoms with Crippen molar-refractivity contribution >= 4 is 28.6 Å². The third-order valence-corrected chi connectivity index (χ3v) is 5.11. The number of nitrogens with zero attached hydrogens (tertiary/aromatic N) is 3. The molecule has 1 aliphatic rings. The van der Waals surface area contributed by atoms with E-state index in [-0.39, 0.29) is 5.91 Å². The molecule has 0 unspecified atom stereocenters. The lowest BCUT2D eigenvalue weighted by molar-refractivity contribution is 0.102. The van der Waals surface area contributed by atoms with Gasteiger partial charge in [0.25, 0.3) is 5.91 Å². The Bertz CT molecular complexity index is 1140. The number of ether oxygens (including phenoxy) is 2. The number of hydrogen-bond acceptors (Lipinski definition) is 6. The first-order chi connectivity index (χ1) is 13.3. The van der Waals surface area contributed by atoms with Crippen LogP contribution in [0.3, 0.4) is 0 Å². The van der Waals surface area contributed by atoms with E-state index in [4.69, 9.17) is 9.47 Å². The zero-order valence-corrected chi connectivity index (χ0v) is 14.9. The summed E-state index contributed by atoms with van der Waals surface area (Å²) in [6.07, 6.45) is 3.22. The zero-order valence-electron chi connectivity index (χ0n) is 14.1. The number of anilines is 1. The van der Waals surface area contributed by atoms with Gasteiger partial charge in [0.2, 0.25) is 0 Å². The van der Waals surface area contributed by atoms with Crippen LogP contribution in [0.15, 0.2) is 54.2 Å². The van der Waals surface area contributed by atoms with Crippen molar-refractivity contribution in [2.24, 2.45) is 0 Å². The highest BCUT2D eigenvalue weighted by Gasteiger charge is 2.18. The lowest BCUT2D eigenvalue weighted by Gasteiger charge is -2.18. The van der Waals surface area contributed by atoms with Crippen molar-refractivity contribution in [3.63, 3.8) is 0 Å². The van der Waals surface area contributed by atoms with Gasteiger partial charge in [0, 0.05) is 18.0 Å². The number of carbonyl (C=O) groups is 1. The number of fused-ring (bicyclic) bond motifs is 2. The SMILES string of the molecule is O=C(Nc1ccc2c(c1)OCCO2)c1cnn2c(-c3cccs3)ccnc12. The van der Waals surface area contributed by atoms with Gasteiger partial charge in [-0.1, -0.05) is 6.07 Å². The van der Waals surface area contributed by atoms with Crippen LogP contribution in [0.5, 0.6) is 11.5 Å². The molecule has 27 heavy (non-hydrogen) atoms. The largest absolute Gasteiger partial charge is 0.486 e. The summed E-state index contributed by atoms with van der Waals surface area (Å²) < 4.78 is 12.7. The highest BCUT2D eigenvalue weighted by atomic mass is 32.1. The minimum Gasteiger partial charge on any atom is -0.486 e. The van der Waals surface area contributed by atoms with Crippen molar-refractivity contribution in [1.82, 2.24) is 14.6 Å². The molecule has 134 valence electrons. The Labute approximate surface area is 158 Å². The number of aromatic nitrogens is 3. The Morgan fingerprint density at radius 3 is 2.89 bits per heavy atom. The third kappa shape index (κ3) is 2.80. The number of hydrogen-bond donors (Lipinski definition) is 1. The molecule has 1 aliphatic heterocycles. The van der Waals surface area contributed by atoms with Gasteiger partial charge in [0.05, 0.1) is 16.8 Å². The molecule has 0 saturated heterocycles. The van der Waals surface area contributed by atoms with Crippen LogP contribution in [-0.4, -0.2) is 33.7 Å². The monoisotopic (exact) mass is 378 g/mol. The van der Waals surface area contributed by atoms with Crippen LogP contribution >= 0.6 is 11.3 Å². The fourth-order valence-electron chi connectivity index (χ4n) is 2.98. The highest BCUT2D eigenvalue weighted by molar-refractivity contribution is 7.13. The summed E-state index contributed by atoms with van der Waals surface area (Å²) in [4.78, 5) is 18.2. The van der Waals surface area contributed by atoms with Gasteiger partial charge in [-0.3, -0.25) is 4.79 Å². The second-order valence-corrected chi connectivity index (χ2v) is 6.86. The van der Waals surface area contributed by atoms with Gasteiger partial charge in [-0.2, -0.15) is 5.10 Å². The Kier molecular flexibility index (Phi) is 3.75. The number of amides is 1. The van der Waals surface area contributed by atoms with Gasteiger partial charge in [-0.25, -0.2) is 9.50 Å². The predicted molar refractivity (Wildman–Crippen MR) is 102 cm³/mol. The molecule has 1 aromatic carbocycles. The molecule has 3 aromatic heterocycles. The average Bonchev–Trinajstić information content (AvgIpc) is 3.37. The minimum atomic E-state index is -0.280. The quantitative estimate of drug-likeness (QED) is 0.591. The number of thiophene rings is 1. The predicted octanol–water partition coefficient (Wildman–Crippen LogP) is 3.48. The van der Waals surface area contributed by atoms with E-state index in [2.05, 4.69) is 15.4 Å². The van der Waals surface area contributed by atoms with Gasteiger partial charge < -0.3 is 14.8 Å². The first kappa shape index (κ1) is 15.8. The summed E-state index contributed by atoms with van der Waals surface area (Å²) in [6, 6.07) is 11.2. The van der Waals surface area contributed by atoms with Crippen LogP contribution in [0.4, 0.5) is 5.69 Å². The first-order valence-electron chi connectivity index (χ1n) is 8.37. The molecule has 4 aromatic rings. The van der Waals surface area contributed by atoms with E-state index >= 15 is 0 Å². The maximum Gasteiger partial charge on any atom is 0.261 e. The van der Waals surface area contributed by atoms with Crippen LogP contribution in [0.1, 0.15) is 10.4 Å². The fraction of sp³-hybridized carbons (Fsp3) is 0.105. The third-order valence-electron chi connectivity index (χ3n) is 4.22. The van der Waals surface area contributed by atoms with Crippen LogP contribution in [-0.2, 0) is 0 Å². The summed E-state index contributed by atoms with van der Waals surface area (Å²) in [5, 5.41) is 9.24. The molecule has 5 rings (SSSR count). The molecule has 0 radical (unpaired) electrons. The molecule has 1 N–H and O–H groups in total. The normalized spacial score (nSPS) is 12.9. The van der Waals surface area contributed by atoms with Crippen LogP contribution in [0.25, 0.3) is 16.2 Å². The molecule has 1 amide bonds. The summed E-state index contributed by atoms with van der Waals surface area (Å²) in [6.45, 7) is 1.02. The molecule has 0 aliphatic carbocycles. The molecule has 0 atom stereocenters. The van der Waals surface area contributed by atoms with Crippen molar-refractivity contribution < 1.29 is 14.3 Å². The van der Waals surface area contributed by atoms with Crippen LogP contribution < -0.4 is 14.8 Å². The topological polar surface area (TPSA) is 77.8 Å². The van der Waals surface area contributed by atoms with Crippen molar-refractivity contribution in [2.45, 2.75) is 0 Å². The summed E-state index contributed by atoms with van der Waals surface area (Å²) in [5.41, 5.74) is 2.44. The van der Waals surface area contributed by atoms with Gasteiger partial charge >= 0.3 is 0 Å². The van der Waals surface area contributed by atoms with Gasteiger partial charge in [0.1, 0.15) is 18.8 Å². The number of nitrogens with one attached hydrogen (secondary N) is 1. The molecular weight excluding hydrogens is 364 g/mol. The van der Waals surface area contributed by atoms with Gasteiger partial charge in [-0.05, 0) is 29.6 Å². The minimum absolute atomic E-state index is 0.280. The molecular formula is C19H14N4O3S. The first-order valence-corrected chi connectivity index (χ1v) is 9.25. The van der Waals surface area contributed by atoms with Crippen molar-refractivity contribution in [2.75, 3.05) is 18.5 Å². The molecule has 0 spiro atoms. The summed E-state index contributed by atoms with van der Waals surface area (Å²) >= 11 is 1.61. The number of rotatable bonds is 3. The van der Waals surface area contributed by atoms with Crippen LogP contribution in [0.2, 0.25) is 0 Å². The van der Waals surface area contributed by atoms with E-state index in [1.165, 1.54) is 6.20 Å². The Hall–Kier alpha value is -3.39. The fourth-order valence-corrected chi connectivity index (χ4v) is 3.72. The van der Waals surface area contributed by atoms with Gasteiger partial charge in [0.15, 0.2) is 17.1 Å². The van der Waals surface area contributed by atoms with Gasteiger partial charge in [-0.15, -0.1) is 11.3 Å². The second-order valence-electron chi connectivity index (χ2n) is 5.91. The Balaban J connectivity index is 1.47. The van der Waals surface area contributed by atoms with E-state index in [0.717, 1.165) is 10.6 Å². The van der Waals surface area contributed by atoms with E-state index in [1.54, 1.807) is 40.2 Å². The number of carbonyl (C=O) groups excluding carboxylic acids is 1. The Morgan fingerprint density at radius 1 is 1.15 bits per heavy atom. The van der Waals surface area contributed by atoms with E-state index in [1.807, 2.05) is 23.6 Å². The van der Waals surface area contributed by atoms with Crippen molar-refractivity contribution in [3.8, 4) is 22.1 Å².